The second kappa shape index (κ2) is 24.6. The predicted molar refractivity (Wildman–Crippen MR) is 226 cm³/mol. The first-order valence-corrected chi connectivity index (χ1v) is 22.7. The third-order valence-electron chi connectivity index (χ3n) is 13.0. The fourth-order valence-corrected chi connectivity index (χ4v) is 9.06. The smallest absolute Gasteiger partial charge is 0.364 e. The zero-order valence-corrected chi connectivity index (χ0v) is 38.4. The molecule has 30 nitrogen and oxygen atoms in total. The maximum absolute atomic E-state index is 14.0. The summed E-state index contributed by atoms with van der Waals surface area (Å²) in [4.78, 5) is 39.3. The van der Waals surface area contributed by atoms with Gasteiger partial charge < -0.3 is 135 Å². The minimum absolute atomic E-state index is 0.0306. The second-order valence-electron chi connectivity index (χ2n) is 18.0. The van der Waals surface area contributed by atoms with Gasteiger partial charge in [0, 0.05) is 18.9 Å². The van der Waals surface area contributed by atoms with Gasteiger partial charge in [-0.2, -0.15) is 0 Å². The number of hydrogen-bond donors (Lipinski definition) is 18. The van der Waals surface area contributed by atoms with Crippen LogP contribution in [0.15, 0.2) is 30.3 Å². The Labute approximate surface area is 408 Å². The Balaban J connectivity index is 1.42. The Hall–Kier alpha value is -3.33. The highest BCUT2D eigenvalue weighted by molar-refractivity contribution is 5.94. The van der Waals surface area contributed by atoms with Crippen molar-refractivity contribution < 1.29 is 139 Å². The maximum atomic E-state index is 14.0. The van der Waals surface area contributed by atoms with Crippen LogP contribution in [0.2, 0.25) is 0 Å². The van der Waals surface area contributed by atoms with Crippen molar-refractivity contribution in [2.45, 2.75) is 179 Å². The van der Waals surface area contributed by atoms with Crippen molar-refractivity contribution in [2.24, 2.45) is 0 Å². The fourth-order valence-electron chi connectivity index (χ4n) is 9.06. The molecular weight excluding hydrogens is 980 g/mol. The minimum atomic E-state index is -3.22. The molecule has 0 radical (unpaired) electrons. The van der Waals surface area contributed by atoms with Crippen molar-refractivity contribution in [3.05, 3.63) is 35.9 Å². The predicted octanol–water partition coefficient (Wildman–Crippen LogP) is -10.1. The summed E-state index contributed by atoms with van der Waals surface area (Å²) in [7, 11) is 0. The minimum Gasteiger partial charge on any atom is -0.477 e. The second-order valence-corrected chi connectivity index (χ2v) is 18.0. The molecule has 18 N–H and O–H groups in total. The summed E-state index contributed by atoms with van der Waals surface area (Å²) in [6.45, 7) is -2.05. The summed E-state index contributed by atoms with van der Waals surface area (Å²) in [6.07, 6.45) is -47.3. The van der Waals surface area contributed by atoms with Gasteiger partial charge in [-0.05, 0) is 19.1 Å². The average Bonchev–Trinajstić information content (AvgIpc) is 3.35. The number of rotatable bonds is 18. The lowest BCUT2D eigenvalue weighted by molar-refractivity contribution is -0.396. The highest BCUT2D eigenvalue weighted by Gasteiger charge is 2.61. The van der Waals surface area contributed by atoms with Crippen LogP contribution in [0, 0.1) is 0 Å². The van der Waals surface area contributed by atoms with Gasteiger partial charge in [0.2, 0.25) is 5.91 Å². The van der Waals surface area contributed by atoms with Gasteiger partial charge in [0.15, 0.2) is 25.2 Å². The van der Waals surface area contributed by atoms with Crippen LogP contribution in [0.4, 0.5) is 0 Å². The standard InChI is InChI=1S/C42H64N2O28/c1-13-23(52)27(56)28(57)39(64-13)69-33-22(44-36(60)15-6-4-3-5-7-15)38(70-34-25(54)18(10-46)65-37(61)29(34)58)67-20(12-48)31(33)68-40-30(59)35(26(55)19(11-47)66-40)72-42(41(62)63)8-16(50)21(43-14(2)49)32(71-42)24(53)17(51)9-45/h3-7,13,16-35,37-40,45-48,50-59,61H,8-12H2,1-2H3,(H,43,49)(H,44,60)(H,62,63)/t13-,16+,17+,18-,19-,20-,21+,22-,23+,24+,25-,26-,27-,28-,29-,30-,31+,32+,33+,34-,35-,37+,38-,39-,40-,42-/m0/s1. The summed E-state index contributed by atoms with van der Waals surface area (Å²) >= 11 is 0. The van der Waals surface area contributed by atoms with E-state index in [1.165, 1.54) is 31.2 Å². The van der Waals surface area contributed by atoms with Crippen molar-refractivity contribution >= 4 is 17.8 Å². The van der Waals surface area contributed by atoms with Crippen LogP contribution in [0.3, 0.4) is 0 Å². The van der Waals surface area contributed by atoms with E-state index in [1.54, 1.807) is 6.07 Å². The van der Waals surface area contributed by atoms with E-state index in [-0.39, 0.29) is 5.56 Å². The number of carboxylic acid groups (broad SMARTS) is 1. The van der Waals surface area contributed by atoms with Crippen molar-refractivity contribution in [1.82, 2.24) is 10.6 Å². The molecule has 0 bridgehead atoms. The lowest BCUT2D eigenvalue weighted by atomic mass is 9.88. The Bertz CT molecular complexity index is 1930. The van der Waals surface area contributed by atoms with E-state index in [0.717, 1.165) is 6.92 Å². The molecule has 5 aliphatic rings. The van der Waals surface area contributed by atoms with E-state index in [4.69, 9.17) is 42.6 Å². The summed E-state index contributed by atoms with van der Waals surface area (Å²) in [5.41, 5.74) is -0.0306. The molecule has 2 amide bonds. The number of aliphatic hydroxyl groups is 15. The van der Waals surface area contributed by atoms with Gasteiger partial charge in [-0.25, -0.2) is 4.79 Å². The van der Waals surface area contributed by atoms with Gasteiger partial charge in [-0.3, -0.25) is 9.59 Å². The summed E-state index contributed by atoms with van der Waals surface area (Å²) in [6, 6.07) is 3.69. The van der Waals surface area contributed by atoms with Gasteiger partial charge in [0.25, 0.3) is 11.7 Å². The van der Waals surface area contributed by atoms with E-state index in [9.17, 15) is 96.1 Å². The Morgan fingerprint density at radius 3 is 1.82 bits per heavy atom. The summed E-state index contributed by atoms with van der Waals surface area (Å²) < 4.78 is 52.5. The molecule has 5 aliphatic heterocycles. The third-order valence-corrected chi connectivity index (χ3v) is 13.0. The van der Waals surface area contributed by atoms with E-state index in [2.05, 4.69) is 10.6 Å². The molecule has 0 saturated carbocycles. The number of amides is 2. The van der Waals surface area contributed by atoms with Crippen LogP contribution in [-0.2, 0) is 52.2 Å². The lowest BCUT2D eigenvalue weighted by Crippen LogP contribution is -2.72. The highest BCUT2D eigenvalue weighted by Crippen LogP contribution is 2.40. The van der Waals surface area contributed by atoms with E-state index in [1.807, 2.05) is 0 Å². The number of carboxylic acids is 1. The molecule has 72 heavy (non-hydrogen) atoms. The van der Waals surface area contributed by atoms with Crippen LogP contribution in [0.5, 0.6) is 0 Å². The largest absolute Gasteiger partial charge is 0.477 e. The van der Waals surface area contributed by atoms with Gasteiger partial charge in [-0.15, -0.1) is 0 Å². The number of ether oxygens (including phenoxy) is 9. The SMILES string of the molecule is CC(=O)N[C@H]1[C@H]([C@H](O)[C@H](O)CO)O[C@@](O[C@@H]2[C@H](O)[C@H](O[C@H]3[C@H](O[C@@H]4O[C@@H](C)[C@@H](O)[C@H](O)[C@@H]4O)[C@H](NC(=O)c4ccccc4)[C@H](O[C@H]4[C@@H](O)[C@H](CO)O[C@@H](O)[C@H]4O)O[C@H]3CO)O[C@@H](CO)[C@@H]2O)(C(=O)O)C[C@H]1O. The third kappa shape index (κ3) is 12.2. The first kappa shape index (κ1) is 57.9. The van der Waals surface area contributed by atoms with Crippen molar-refractivity contribution in [1.29, 1.82) is 0 Å². The fraction of sp³-hybridized carbons (Fsp3) is 0.786. The molecule has 30 heteroatoms. The van der Waals surface area contributed by atoms with E-state index in [0.29, 0.717) is 0 Å². The van der Waals surface area contributed by atoms with E-state index >= 15 is 0 Å². The highest BCUT2D eigenvalue weighted by atomic mass is 16.8. The molecule has 0 unspecified atom stereocenters. The van der Waals surface area contributed by atoms with E-state index < -0.39 is 210 Å². The molecule has 1 aromatic rings. The van der Waals surface area contributed by atoms with Crippen molar-refractivity contribution in [3.63, 3.8) is 0 Å². The molecule has 1 aromatic carbocycles. The monoisotopic (exact) mass is 1040 g/mol. The van der Waals surface area contributed by atoms with Gasteiger partial charge in [0.1, 0.15) is 110 Å². The Morgan fingerprint density at radius 2 is 1.22 bits per heavy atom. The summed E-state index contributed by atoms with van der Waals surface area (Å²) in [5.74, 6) is -7.05. The molecular formula is C42H64N2O28. The molecule has 0 aliphatic carbocycles. The maximum Gasteiger partial charge on any atom is 0.364 e. The number of nitrogens with one attached hydrogen (secondary N) is 2. The Kier molecular flexibility index (Phi) is 19.8. The first-order valence-electron chi connectivity index (χ1n) is 22.7. The Morgan fingerprint density at radius 1 is 0.653 bits per heavy atom. The lowest BCUT2D eigenvalue weighted by Gasteiger charge is -2.52. The molecule has 410 valence electrons. The number of hydrogen-bond acceptors (Lipinski definition) is 27. The summed E-state index contributed by atoms with van der Waals surface area (Å²) in [5, 5.41) is 177. The molecule has 5 heterocycles. The number of benzene rings is 1. The quantitative estimate of drug-likeness (QED) is 0.0649. The van der Waals surface area contributed by atoms with Gasteiger partial charge in [-0.1, -0.05) is 18.2 Å². The number of aliphatic carboxylic acids is 1. The zero-order valence-electron chi connectivity index (χ0n) is 38.4. The first-order chi connectivity index (χ1) is 34.0. The molecule has 0 aromatic heterocycles. The van der Waals surface area contributed by atoms with Crippen LogP contribution < -0.4 is 10.6 Å². The normalized spacial score (nSPS) is 44.6. The topological polar surface area (TPSA) is 482 Å². The number of aliphatic hydroxyl groups excluding tert-OH is 15. The average molecular weight is 1040 g/mol. The molecule has 26 atom stereocenters. The van der Waals surface area contributed by atoms with Crippen LogP contribution in [-0.4, -0.2) is 285 Å². The van der Waals surface area contributed by atoms with Crippen LogP contribution in [0.1, 0.15) is 30.6 Å². The number of carbonyl (C=O) groups excluding carboxylic acids is 2. The van der Waals surface area contributed by atoms with Gasteiger partial charge >= 0.3 is 5.97 Å². The zero-order chi connectivity index (χ0) is 53.1. The van der Waals surface area contributed by atoms with Gasteiger partial charge in [0.05, 0.1) is 44.7 Å². The van der Waals surface area contributed by atoms with Crippen molar-refractivity contribution in [2.75, 3.05) is 26.4 Å². The molecule has 5 fully saturated rings. The van der Waals surface area contributed by atoms with Crippen molar-refractivity contribution in [3.8, 4) is 0 Å². The van der Waals surface area contributed by atoms with Crippen LogP contribution in [0.25, 0.3) is 0 Å². The molecule has 0 spiro atoms. The number of carbonyl (C=O) groups is 3. The molecule has 5 saturated heterocycles. The van der Waals surface area contributed by atoms with Crippen LogP contribution >= 0.6 is 0 Å². The molecule has 6 rings (SSSR count).